The molecule has 5 heteroatoms. The van der Waals surface area contributed by atoms with Crippen molar-refractivity contribution >= 4 is 17.5 Å². The SMILES string of the molecule is CCCNC(=O)C[NH+](C)CC(=O)Nc1ccc(C)cc1. The van der Waals surface area contributed by atoms with Crippen LogP contribution in [0.4, 0.5) is 5.69 Å². The minimum atomic E-state index is -0.0883. The van der Waals surface area contributed by atoms with Crippen molar-refractivity contribution in [3.63, 3.8) is 0 Å². The second-order valence-corrected chi connectivity index (χ2v) is 5.07. The molecule has 5 nitrogen and oxygen atoms in total. The maximum Gasteiger partial charge on any atom is 0.279 e. The molecule has 1 rings (SSSR count). The third-order valence-electron chi connectivity index (χ3n) is 2.83. The topological polar surface area (TPSA) is 62.6 Å². The quantitative estimate of drug-likeness (QED) is 0.656. The second-order valence-electron chi connectivity index (χ2n) is 5.07. The number of carbonyl (C=O) groups is 2. The summed E-state index contributed by atoms with van der Waals surface area (Å²) in [4.78, 5) is 24.2. The van der Waals surface area contributed by atoms with Crippen molar-refractivity contribution in [1.29, 1.82) is 0 Å². The lowest BCUT2D eigenvalue weighted by molar-refractivity contribution is -0.862. The number of hydrogen-bond acceptors (Lipinski definition) is 2. The summed E-state index contributed by atoms with van der Waals surface area (Å²) in [6, 6.07) is 7.64. The van der Waals surface area contributed by atoms with E-state index in [1.165, 1.54) is 0 Å². The van der Waals surface area contributed by atoms with Crippen molar-refractivity contribution in [1.82, 2.24) is 5.32 Å². The van der Waals surface area contributed by atoms with Crippen LogP contribution >= 0.6 is 0 Å². The van der Waals surface area contributed by atoms with Gasteiger partial charge in [-0.2, -0.15) is 0 Å². The highest BCUT2D eigenvalue weighted by Gasteiger charge is 2.13. The molecule has 1 atom stereocenters. The molecular weight excluding hydrogens is 254 g/mol. The molecule has 110 valence electrons. The van der Waals surface area contributed by atoms with E-state index in [0.29, 0.717) is 13.1 Å². The van der Waals surface area contributed by atoms with Gasteiger partial charge in [0.05, 0.1) is 7.05 Å². The molecule has 0 heterocycles. The van der Waals surface area contributed by atoms with E-state index in [-0.39, 0.29) is 18.4 Å². The molecule has 0 radical (unpaired) electrons. The minimum Gasteiger partial charge on any atom is -0.351 e. The molecule has 0 bridgehead atoms. The lowest BCUT2D eigenvalue weighted by Gasteiger charge is -2.13. The van der Waals surface area contributed by atoms with Gasteiger partial charge in [0, 0.05) is 12.2 Å². The van der Waals surface area contributed by atoms with Gasteiger partial charge in [0.1, 0.15) is 0 Å². The summed E-state index contributed by atoms with van der Waals surface area (Å²) in [7, 11) is 1.83. The van der Waals surface area contributed by atoms with Gasteiger partial charge in [-0.3, -0.25) is 9.59 Å². The van der Waals surface area contributed by atoms with Gasteiger partial charge in [-0.05, 0) is 25.5 Å². The van der Waals surface area contributed by atoms with E-state index in [1.54, 1.807) is 0 Å². The highest BCUT2D eigenvalue weighted by Crippen LogP contribution is 2.07. The number of nitrogens with one attached hydrogen (secondary N) is 3. The number of anilines is 1. The first-order chi connectivity index (χ1) is 9.51. The first-order valence-electron chi connectivity index (χ1n) is 6.95. The number of quaternary nitrogens is 1. The standard InChI is InChI=1S/C15H23N3O2/c1-4-9-16-14(19)10-18(3)11-15(20)17-13-7-5-12(2)6-8-13/h5-8H,4,9-11H2,1-3H3,(H,16,19)(H,17,20)/p+1. The smallest absolute Gasteiger partial charge is 0.279 e. The summed E-state index contributed by atoms with van der Waals surface area (Å²) in [6.45, 7) is 5.26. The van der Waals surface area contributed by atoms with Crippen LogP contribution in [0.5, 0.6) is 0 Å². The van der Waals surface area contributed by atoms with Crippen LogP contribution < -0.4 is 15.5 Å². The summed E-state index contributed by atoms with van der Waals surface area (Å²) in [5, 5.41) is 5.63. The van der Waals surface area contributed by atoms with Gasteiger partial charge in [0.25, 0.3) is 11.8 Å². The van der Waals surface area contributed by atoms with Gasteiger partial charge in [-0.1, -0.05) is 24.6 Å². The molecule has 1 unspecified atom stereocenters. The predicted molar refractivity (Wildman–Crippen MR) is 79.7 cm³/mol. The Labute approximate surface area is 120 Å². The molecule has 3 N–H and O–H groups in total. The number of likely N-dealkylation sites (N-methyl/N-ethyl adjacent to an activating group) is 1. The first kappa shape index (κ1) is 16.2. The Balaban J connectivity index is 2.34. The summed E-state index contributed by atoms with van der Waals surface area (Å²) in [5.41, 5.74) is 1.93. The zero-order valence-electron chi connectivity index (χ0n) is 12.5. The van der Waals surface area contributed by atoms with Crippen molar-refractivity contribution in [3.05, 3.63) is 29.8 Å². The number of carbonyl (C=O) groups excluding carboxylic acids is 2. The van der Waals surface area contributed by atoms with Crippen LogP contribution in [0.2, 0.25) is 0 Å². The number of hydrogen-bond donors (Lipinski definition) is 3. The largest absolute Gasteiger partial charge is 0.351 e. The number of aryl methyl sites for hydroxylation is 1. The van der Waals surface area contributed by atoms with Gasteiger partial charge in [0.15, 0.2) is 13.1 Å². The normalized spacial score (nSPS) is 11.8. The minimum absolute atomic E-state index is 0.0208. The van der Waals surface area contributed by atoms with Gasteiger partial charge in [-0.25, -0.2) is 0 Å². The van der Waals surface area contributed by atoms with Crippen LogP contribution in [0.1, 0.15) is 18.9 Å². The lowest BCUT2D eigenvalue weighted by atomic mass is 10.2. The summed E-state index contributed by atoms with van der Waals surface area (Å²) in [6.07, 6.45) is 0.915. The fraction of sp³-hybridized carbons (Fsp3) is 0.467. The van der Waals surface area contributed by atoms with E-state index < -0.39 is 0 Å². The Bertz CT molecular complexity index is 443. The summed E-state index contributed by atoms with van der Waals surface area (Å²) >= 11 is 0. The molecular formula is C15H24N3O2+. The van der Waals surface area contributed by atoms with Crippen LogP contribution in [-0.4, -0.2) is 38.5 Å². The Morgan fingerprint density at radius 3 is 2.30 bits per heavy atom. The van der Waals surface area contributed by atoms with Gasteiger partial charge >= 0.3 is 0 Å². The summed E-state index contributed by atoms with van der Waals surface area (Å²) < 4.78 is 0. The molecule has 0 saturated carbocycles. The molecule has 0 aliphatic carbocycles. The average molecular weight is 278 g/mol. The highest BCUT2D eigenvalue weighted by atomic mass is 16.2. The van der Waals surface area contributed by atoms with Crippen molar-refractivity contribution in [2.45, 2.75) is 20.3 Å². The number of rotatable bonds is 7. The van der Waals surface area contributed by atoms with Crippen LogP contribution in [-0.2, 0) is 9.59 Å². The Kier molecular flexibility index (Phi) is 6.73. The molecule has 1 aromatic carbocycles. The maximum atomic E-state index is 11.8. The highest BCUT2D eigenvalue weighted by molar-refractivity contribution is 5.91. The molecule has 0 saturated heterocycles. The van der Waals surface area contributed by atoms with Crippen molar-refractivity contribution < 1.29 is 14.5 Å². The van der Waals surface area contributed by atoms with Crippen molar-refractivity contribution in [3.8, 4) is 0 Å². The lowest BCUT2D eigenvalue weighted by Crippen LogP contribution is -3.11. The maximum absolute atomic E-state index is 11.8. The van der Waals surface area contributed by atoms with Crippen LogP contribution in [0.25, 0.3) is 0 Å². The molecule has 0 aliphatic heterocycles. The van der Waals surface area contributed by atoms with E-state index in [2.05, 4.69) is 10.6 Å². The fourth-order valence-electron chi connectivity index (χ4n) is 1.78. The molecule has 0 spiro atoms. The van der Waals surface area contributed by atoms with Gasteiger partial charge in [0.2, 0.25) is 0 Å². The van der Waals surface area contributed by atoms with Crippen LogP contribution in [0.3, 0.4) is 0 Å². The third kappa shape index (κ3) is 6.33. The molecule has 0 aliphatic rings. The average Bonchev–Trinajstić information content (AvgIpc) is 2.38. The number of amides is 2. The molecule has 20 heavy (non-hydrogen) atoms. The Hall–Kier alpha value is -1.88. The zero-order chi connectivity index (χ0) is 15.0. The van der Waals surface area contributed by atoms with Gasteiger partial charge in [-0.15, -0.1) is 0 Å². The van der Waals surface area contributed by atoms with Crippen molar-refractivity contribution in [2.24, 2.45) is 0 Å². The van der Waals surface area contributed by atoms with Crippen molar-refractivity contribution in [2.75, 3.05) is 32.0 Å². The van der Waals surface area contributed by atoms with Crippen LogP contribution in [0, 0.1) is 6.92 Å². The second kappa shape index (κ2) is 8.32. The molecule has 1 aromatic rings. The van der Waals surface area contributed by atoms with E-state index in [9.17, 15) is 9.59 Å². The zero-order valence-corrected chi connectivity index (χ0v) is 12.5. The van der Waals surface area contributed by atoms with E-state index >= 15 is 0 Å². The summed E-state index contributed by atoms with van der Waals surface area (Å²) in [5.74, 6) is -0.109. The molecule has 0 aromatic heterocycles. The Morgan fingerprint density at radius 2 is 1.70 bits per heavy atom. The van der Waals surface area contributed by atoms with E-state index in [0.717, 1.165) is 22.6 Å². The van der Waals surface area contributed by atoms with E-state index in [1.807, 2.05) is 45.2 Å². The first-order valence-corrected chi connectivity index (χ1v) is 6.95. The van der Waals surface area contributed by atoms with Crippen LogP contribution in [0.15, 0.2) is 24.3 Å². The predicted octanol–water partition coefficient (Wildman–Crippen LogP) is -0.0256. The fourth-order valence-corrected chi connectivity index (χ4v) is 1.78. The number of benzene rings is 1. The van der Waals surface area contributed by atoms with Gasteiger partial charge < -0.3 is 15.5 Å². The molecule has 0 fully saturated rings. The van der Waals surface area contributed by atoms with E-state index in [4.69, 9.17) is 0 Å². The molecule has 2 amide bonds. The Morgan fingerprint density at radius 1 is 1.10 bits per heavy atom. The third-order valence-corrected chi connectivity index (χ3v) is 2.83. The monoisotopic (exact) mass is 278 g/mol.